The molecule has 4 rings (SSSR count). The van der Waals surface area contributed by atoms with Crippen LogP contribution < -0.4 is 10.9 Å². The predicted octanol–water partition coefficient (Wildman–Crippen LogP) is 4.71. The highest BCUT2D eigenvalue weighted by molar-refractivity contribution is 7.99. The summed E-state index contributed by atoms with van der Waals surface area (Å²) in [6.45, 7) is 3.86. The molecule has 152 valence electrons. The van der Waals surface area contributed by atoms with Gasteiger partial charge in [-0.05, 0) is 44.2 Å². The summed E-state index contributed by atoms with van der Waals surface area (Å²) in [4.78, 5) is 33.4. The maximum absolute atomic E-state index is 13.2. The molecular weight excluding hydrogens is 420 g/mol. The zero-order valence-electron chi connectivity index (χ0n) is 16.4. The standard InChI is InChI=1S/C22H19ClN4O2S/c1-13-7-9-15(10-8-13)27-21(29)20-18(11-14(2)24-20)26-22(27)30-12-19(28)25-17-6-4-3-5-16(17)23/h3-11,24H,12H2,1-2H3,(H,25,28). The van der Waals surface area contributed by atoms with Gasteiger partial charge >= 0.3 is 0 Å². The maximum atomic E-state index is 13.2. The Morgan fingerprint density at radius 2 is 1.90 bits per heavy atom. The number of thioether (sulfide) groups is 1. The van der Waals surface area contributed by atoms with Crippen molar-refractivity contribution in [3.8, 4) is 5.69 Å². The van der Waals surface area contributed by atoms with E-state index >= 15 is 0 Å². The SMILES string of the molecule is Cc1ccc(-n2c(SCC(=O)Nc3ccccc3Cl)nc3cc(C)[nH]c3c2=O)cc1. The summed E-state index contributed by atoms with van der Waals surface area (Å²) < 4.78 is 1.53. The van der Waals surface area contributed by atoms with Gasteiger partial charge in [-0.15, -0.1) is 0 Å². The number of nitrogens with zero attached hydrogens (tertiary/aromatic N) is 2. The van der Waals surface area contributed by atoms with E-state index in [1.54, 1.807) is 24.3 Å². The molecule has 2 N–H and O–H groups in total. The van der Waals surface area contributed by atoms with Crippen molar-refractivity contribution in [2.24, 2.45) is 0 Å². The Hall–Kier alpha value is -3.03. The lowest BCUT2D eigenvalue weighted by Gasteiger charge is -2.12. The van der Waals surface area contributed by atoms with Gasteiger partial charge in [0.25, 0.3) is 5.56 Å². The van der Waals surface area contributed by atoms with Crippen LogP contribution in [0.3, 0.4) is 0 Å². The third-order valence-corrected chi connectivity index (χ3v) is 5.80. The van der Waals surface area contributed by atoms with Gasteiger partial charge in [-0.2, -0.15) is 0 Å². The number of benzene rings is 2. The number of H-pyrrole nitrogens is 1. The van der Waals surface area contributed by atoms with Gasteiger partial charge in [-0.3, -0.25) is 14.2 Å². The lowest BCUT2D eigenvalue weighted by Crippen LogP contribution is -2.23. The van der Waals surface area contributed by atoms with Crippen LogP contribution >= 0.6 is 23.4 Å². The van der Waals surface area contributed by atoms with Crippen LogP contribution in [0.4, 0.5) is 5.69 Å². The number of anilines is 1. The first-order valence-corrected chi connectivity index (χ1v) is 10.7. The molecule has 0 bridgehead atoms. The van der Waals surface area contributed by atoms with Gasteiger partial charge < -0.3 is 10.3 Å². The molecule has 1 amide bonds. The van der Waals surface area contributed by atoms with Gasteiger partial charge in [0.15, 0.2) is 5.16 Å². The summed E-state index contributed by atoms with van der Waals surface area (Å²) in [5.74, 6) is -0.151. The Balaban J connectivity index is 1.68. The number of aromatic amines is 1. The fraction of sp³-hybridized carbons (Fsp3) is 0.136. The van der Waals surface area contributed by atoms with Gasteiger partial charge in [0, 0.05) is 5.69 Å². The average Bonchev–Trinajstić information content (AvgIpc) is 3.10. The molecule has 0 atom stereocenters. The molecule has 0 radical (unpaired) electrons. The minimum absolute atomic E-state index is 0.0818. The lowest BCUT2D eigenvalue weighted by atomic mass is 10.2. The number of carbonyl (C=O) groups is 1. The molecule has 0 aliphatic carbocycles. The molecule has 30 heavy (non-hydrogen) atoms. The molecule has 0 fully saturated rings. The molecule has 2 aromatic carbocycles. The molecule has 2 heterocycles. The summed E-state index contributed by atoms with van der Waals surface area (Å²) in [6.07, 6.45) is 0. The summed E-state index contributed by atoms with van der Waals surface area (Å²) in [7, 11) is 0. The van der Waals surface area contributed by atoms with E-state index in [1.165, 1.54) is 16.3 Å². The largest absolute Gasteiger partial charge is 0.353 e. The van der Waals surface area contributed by atoms with Gasteiger partial charge in [0.05, 0.1) is 27.7 Å². The van der Waals surface area contributed by atoms with Crippen LogP contribution in [0, 0.1) is 13.8 Å². The van der Waals surface area contributed by atoms with Gasteiger partial charge in [0.2, 0.25) is 5.91 Å². The molecule has 0 spiro atoms. The molecular formula is C22H19ClN4O2S. The first-order valence-electron chi connectivity index (χ1n) is 9.29. The number of hydrogen-bond acceptors (Lipinski definition) is 4. The van der Waals surface area contributed by atoms with E-state index in [4.69, 9.17) is 11.6 Å². The topological polar surface area (TPSA) is 79.8 Å². The predicted molar refractivity (Wildman–Crippen MR) is 122 cm³/mol. The molecule has 4 aromatic rings. The zero-order valence-corrected chi connectivity index (χ0v) is 18.0. The number of para-hydroxylation sites is 1. The number of rotatable bonds is 5. The molecule has 0 aliphatic heterocycles. The lowest BCUT2D eigenvalue weighted by molar-refractivity contribution is -0.113. The Labute approximate surface area is 182 Å². The van der Waals surface area contributed by atoms with E-state index in [0.29, 0.717) is 32.6 Å². The molecule has 2 aromatic heterocycles. The van der Waals surface area contributed by atoms with Crippen LogP contribution in [0.25, 0.3) is 16.7 Å². The second-order valence-corrected chi connectivity index (χ2v) is 8.25. The molecule has 0 aliphatic rings. The number of amides is 1. The first-order chi connectivity index (χ1) is 14.4. The van der Waals surface area contributed by atoms with Crippen molar-refractivity contribution in [3.63, 3.8) is 0 Å². The molecule has 6 nitrogen and oxygen atoms in total. The number of fused-ring (bicyclic) bond motifs is 1. The Kier molecular flexibility index (Phi) is 5.65. The maximum Gasteiger partial charge on any atom is 0.283 e. The average molecular weight is 439 g/mol. The second kappa shape index (κ2) is 8.38. The molecule has 8 heteroatoms. The number of halogens is 1. The number of aromatic nitrogens is 3. The number of hydrogen-bond donors (Lipinski definition) is 2. The fourth-order valence-corrected chi connectivity index (χ4v) is 4.07. The van der Waals surface area contributed by atoms with E-state index in [9.17, 15) is 9.59 Å². The first kappa shape index (κ1) is 20.3. The minimum atomic E-state index is -0.233. The normalized spacial score (nSPS) is 11.0. The zero-order chi connectivity index (χ0) is 21.3. The van der Waals surface area contributed by atoms with Crippen molar-refractivity contribution >= 4 is 46.0 Å². The summed E-state index contributed by atoms with van der Waals surface area (Å²) in [5, 5.41) is 3.71. The Bertz CT molecular complexity index is 1290. The summed E-state index contributed by atoms with van der Waals surface area (Å²) >= 11 is 7.31. The van der Waals surface area contributed by atoms with E-state index in [0.717, 1.165) is 11.3 Å². The summed E-state index contributed by atoms with van der Waals surface area (Å²) in [5.41, 5.74) is 4.00. The van der Waals surface area contributed by atoms with Crippen LogP contribution in [0.5, 0.6) is 0 Å². The fourth-order valence-electron chi connectivity index (χ4n) is 3.07. The van der Waals surface area contributed by atoms with E-state index in [2.05, 4.69) is 15.3 Å². The smallest absolute Gasteiger partial charge is 0.283 e. The molecule has 0 saturated carbocycles. The number of nitrogens with one attached hydrogen (secondary N) is 2. The van der Waals surface area contributed by atoms with Crippen LogP contribution in [0.2, 0.25) is 5.02 Å². The minimum Gasteiger partial charge on any atom is -0.353 e. The van der Waals surface area contributed by atoms with Gasteiger partial charge in [-0.25, -0.2) is 4.98 Å². The van der Waals surface area contributed by atoms with E-state index in [1.807, 2.05) is 44.2 Å². The van der Waals surface area contributed by atoms with Crippen molar-refractivity contribution in [3.05, 3.63) is 81.2 Å². The third-order valence-electron chi connectivity index (χ3n) is 4.53. The Morgan fingerprint density at radius 1 is 1.17 bits per heavy atom. The Morgan fingerprint density at radius 3 is 2.63 bits per heavy atom. The monoisotopic (exact) mass is 438 g/mol. The second-order valence-electron chi connectivity index (χ2n) is 6.90. The molecule has 0 saturated heterocycles. The van der Waals surface area contributed by atoms with Crippen molar-refractivity contribution < 1.29 is 4.79 Å². The van der Waals surface area contributed by atoms with E-state index < -0.39 is 0 Å². The highest BCUT2D eigenvalue weighted by Crippen LogP contribution is 2.24. The van der Waals surface area contributed by atoms with Crippen molar-refractivity contribution in [2.45, 2.75) is 19.0 Å². The number of aryl methyl sites for hydroxylation is 2. The van der Waals surface area contributed by atoms with Crippen LogP contribution in [0.1, 0.15) is 11.3 Å². The summed E-state index contributed by atoms with van der Waals surface area (Å²) in [6, 6.07) is 16.5. The van der Waals surface area contributed by atoms with Crippen LogP contribution in [0.15, 0.2) is 64.5 Å². The van der Waals surface area contributed by atoms with Gasteiger partial charge in [0.1, 0.15) is 5.52 Å². The van der Waals surface area contributed by atoms with Crippen molar-refractivity contribution in [1.29, 1.82) is 0 Å². The number of carbonyl (C=O) groups excluding carboxylic acids is 1. The highest BCUT2D eigenvalue weighted by Gasteiger charge is 2.16. The highest BCUT2D eigenvalue weighted by atomic mass is 35.5. The quantitative estimate of drug-likeness (QED) is 0.349. The third kappa shape index (κ3) is 4.13. The van der Waals surface area contributed by atoms with Crippen molar-refractivity contribution in [1.82, 2.24) is 14.5 Å². The van der Waals surface area contributed by atoms with Crippen molar-refractivity contribution in [2.75, 3.05) is 11.1 Å². The van der Waals surface area contributed by atoms with Crippen LogP contribution in [-0.2, 0) is 4.79 Å². The molecule has 0 unspecified atom stereocenters. The van der Waals surface area contributed by atoms with Gasteiger partial charge in [-0.1, -0.05) is 53.2 Å². The van der Waals surface area contributed by atoms with Crippen LogP contribution in [-0.4, -0.2) is 26.2 Å². The van der Waals surface area contributed by atoms with E-state index in [-0.39, 0.29) is 17.2 Å².